The van der Waals surface area contributed by atoms with E-state index in [0.29, 0.717) is 0 Å². The van der Waals surface area contributed by atoms with Gasteiger partial charge in [0.1, 0.15) is 0 Å². The van der Waals surface area contributed by atoms with Gasteiger partial charge in [0.15, 0.2) is 6.23 Å². The van der Waals surface area contributed by atoms with Crippen molar-refractivity contribution < 1.29 is 43.2 Å². The monoisotopic (exact) mass is 422 g/mol. The Bertz CT molecular complexity index is 546. The highest BCUT2D eigenvalue weighted by Gasteiger charge is 2.31. The third-order valence-corrected chi connectivity index (χ3v) is 3.13. The summed E-state index contributed by atoms with van der Waals surface area (Å²) in [5, 5.41) is 15.6. The van der Waals surface area contributed by atoms with Crippen LogP contribution in [-0.2, 0) is 38.1 Å². The number of nitrogens with two attached hydrogens (primary N) is 1. The number of hydrogen-bond donors (Lipinski definition) is 5. The van der Waals surface area contributed by atoms with Crippen LogP contribution in [0.15, 0.2) is 0 Å². The van der Waals surface area contributed by atoms with Gasteiger partial charge in [-0.3, -0.25) is 20.1 Å². The molecule has 0 radical (unpaired) electrons. The molecule has 0 bridgehead atoms. The van der Waals surface area contributed by atoms with Crippen molar-refractivity contribution in [2.45, 2.75) is 52.6 Å². The first-order valence-corrected chi connectivity index (χ1v) is 9.07. The van der Waals surface area contributed by atoms with Crippen LogP contribution >= 0.6 is 0 Å². The maximum absolute atomic E-state index is 12.4. The summed E-state index contributed by atoms with van der Waals surface area (Å²) in [4.78, 5) is 47.8. The van der Waals surface area contributed by atoms with Crippen molar-refractivity contribution in [1.82, 2.24) is 16.0 Å². The standard InChI is InChI=1S/C16H30N4O9/c1-5-26-9(17)10(21)18-13(27-6-2)11(22)19-14(28-7-3)12(23)20-15(16(24)25)29-8-4/h9,13-15H,5-8,17H2,1-4H3,(H,18,21)(H,19,22)(H,20,23)(H,24,25). The minimum Gasteiger partial charge on any atom is -0.478 e. The second-order valence-corrected chi connectivity index (χ2v) is 5.25. The number of carbonyl (C=O) groups is 4. The van der Waals surface area contributed by atoms with Crippen molar-refractivity contribution in [2.24, 2.45) is 5.73 Å². The molecule has 4 atom stereocenters. The molecule has 29 heavy (non-hydrogen) atoms. The van der Waals surface area contributed by atoms with Gasteiger partial charge in [0, 0.05) is 26.4 Å². The van der Waals surface area contributed by atoms with E-state index >= 15 is 0 Å². The van der Waals surface area contributed by atoms with Crippen LogP contribution in [0.25, 0.3) is 0 Å². The van der Waals surface area contributed by atoms with Crippen molar-refractivity contribution in [3.63, 3.8) is 0 Å². The first-order valence-electron chi connectivity index (χ1n) is 9.07. The van der Waals surface area contributed by atoms with Crippen LogP contribution in [0.2, 0.25) is 0 Å². The predicted octanol–water partition coefficient (Wildman–Crippen LogP) is -2.17. The van der Waals surface area contributed by atoms with E-state index in [-0.39, 0.29) is 26.4 Å². The van der Waals surface area contributed by atoms with Crippen LogP contribution in [0.4, 0.5) is 0 Å². The molecule has 4 unspecified atom stereocenters. The lowest BCUT2D eigenvalue weighted by Gasteiger charge is -2.24. The van der Waals surface area contributed by atoms with Gasteiger partial charge >= 0.3 is 5.97 Å². The molecule has 3 amide bonds. The van der Waals surface area contributed by atoms with Crippen molar-refractivity contribution >= 4 is 23.7 Å². The Morgan fingerprint density at radius 3 is 1.41 bits per heavy atom. The van der Waals surface area contributed by atoms with Gasteiger partial charge in [-0.05, 0) is 27.7 Å². The Kier molecular flexibility index (Phi) is 13.5. The molecule has 13 nitrogen and oxygen atoms in total. The van der Waals surface area contributed by atoms with E-state index in [1.807, 2.05) is 0 Å². The van der Waals surface area contributed by atoms with Crippen molar-refractivity contribution in [2.75, 3.05) is 26.4 Å². The summed E-state index contributed by atoms with van der Waals surface area (Å²) in [6.07, 6.45) is -5.99. The van der Waals surface area contributed by atoms with E-state index in [1.54, 1.807) is 27.7 Å². The van der Waals surface area contributed by atoms with E-state index in [2.05, 4.69) is 16.0 Å². The smallest absolute Gasteiger partial charge is 0.354 e. The third-order valence-electron chi connectivity index (χ3n) is 3.13. The van der Waals surface area contributed by atoms with Gasteiger partial charge in [0.25, 0.3) is 17.7 Å². The Hall–Kier alpha value is -2.32. The molecule has 0 aromatic rings. The van der Waals surface area contributed by atoms with Crippen molar-refractivity contribution in [3.8, 4) is 0 Å². The van der Waals surface area contributed by atoms with Crippen molar-refractivity contribution in [1.29, 1.82) is 0 Å². The maximum atomic E-state index is 12.4. The zero-order valence-electron chi connectivity index (χ0n) is 16.9. The van der Waals surface area contributed by atoms with Crippen LogP contribution in [0.3, 0.4) is 0 Å². The molecule has 0 aromatic carbocycles. The molecular formula is C16H30N4O9. The minimum atomic E-state index is -1.63. The fourth-order valence-electron chi connectivity index (χ4n) is 1.92. The third kappa shape index (κ3) is 10.1. The number of rotatable bonds is 15. The maximum Gasteiger partial charge on any atom is 0.354 e. The minimum absolute atomic E-state index is 0.0195. The van der Waals surface area contributed by atoms with Crippen LogP contribution in [0, 0.1) is 0 Å². The quantitative estimate of drug-likeness (QED) is 0.182. The summed E-state index contributed by atoms with van der Waals surface area (Å²) in [5.41, 5.74) is 5.50. The zero-order valence-corrected chi connectivity index (χ0v) is 16.9. The normalized spacial score (nSPS) is 14.9. The molecule has 168 valence electrons. The molecule has 0 spiro atoms. The molecule has 0 saturated heterocycles. The van der Waals surface area contributed by atoms with Gasteiger partial charge in [-0.25, -0.2) is 4.79 Å². The van der Waals surface area contributed by atoms with Crippen LogP contribution in [-0.4, -0.2) is 80.1 Å². The molecule has 0 aliphatic carbocycles. The second kappa shape index (κ2) is 14.6. The summed E-state index contributed by atoms with van der Waals surface area (Å²) < 4.78 is 20.1. The fraction of sp³-hybridized carbons (Fsp3) is 0.750. The Balaban J connectivity index is 5.14. The summed E-state index contributed by atoms with van der Waals surface area (Å²) in [6, 6.07) is 0. The highest BCUT2D eigenvalue weighted by Crippen LogP contribution is 1.97. The van der Waals surface area contributed by atoms with E-state index in [4.69, 9.17) is 29.8 Å². The molecule has 0 saturated carbocycles. The van der Waals surface area contributed by atoms with Crippen molar-refractivity contribution in [3.05, 3.63) is 0 Å². The number of carboxylic acids is 1. The summed E-state index contributed by atoms with van der Waals surface area (Å²) in [5.74, 6) is -4.11. The highest BCUT2D eigenvalue weighted by molar-refractivity contribution is 5.92. The van der Waals surface area contributed by atoms with Crippen LogP contribution < -0.4 is 21.7 Å². The lowest BCUT2D eigenvalue weighted by atomic mass is 10.4. The molecule has 0 fully saturated rings. The van der Waals surface area contributed by atoms with E-state index in [9.17, 15) is 19.2 Å². The number of carboxylic acid groups (broad SMARTS) is 1. The van der Waals surface area contributed by atoms with Crippen LogP contribution in [0.1, 0.15) is 27.7 Å². The summed E-state index contributed by atoms with van der Waals surface area (Å²) in [6.45, 7) is 6.61. The van der Waals surface area contributed by atoms with Gasteiger partial charge in [0.05, 0.1) is 0 Å². The van der Waals surface area contributed by atoms with Gasteiger partial charge in [0.2, 0.25) is 18.7 Å². The average molecular weight is 422 g/mol. The Labute approximate surface area is 168 Å². The lowest BCUT2D eigenvalue weighted by molar-refractivity contribution is -0.160. The first-order chi connectivity index (χ1) is 13.7. The molecule has 0 heterocycles. The molecule has 0 aliphatic rings. The van der Waals surface area contributed by atoms with Crippen LogP contribution in [0.5, 0.6) is 0 Å². The molecule has 0 aromatic heterocycles. The number of aliphatic carboxylic acids is 1. The van der Waals surface area contributed by atoms with E-state index in [1.165, 1.54) is 0 Å². The molecule has 13 heteroatoms. The second-order valence-electron chi connectivity index (χ2n) is 5.25. The number of ether oxygens (including phenoxy) is 4. The number of amides is 3. The average Bonchev–Trinajstić information content (AvgIpc) is 2.66. The Morgan fingerprint density at radius 2 is 1.03 bits per heavy atom. The SMILES string of the molecule is CCOC(N)C(=O)NC(OCC)C(=O)NC(OCC)C(=O)NC(OCC)C(=O)O. The summed E-state index contributed by atoms with van der Waals surface area (Å²) >= 11 is 0. The highest BCUT2D eigenvalue weighted by atomic mass is 16.5. The van der Waals surface area contributed by atoms with Gasteiger partial charge in [-0.1, -0.05) is 0 Å². The van der Waals surface area contributed by atoms with E-state index in [0.717, 1.165) is 0 Å². The topological polar surface area (TPSA) is 188 Å². The molecule has 0 rings (SSSR count). The van der Waals surface area contributed by atoms with Gasteiger partial charge in [-0.15, -0.1) is 0 Å². The zero-order chi connectivity index (χ0) is 22.4. The Morgan fingerprint density at radius 1 is 0.690 bits per heavy atom. The molecule has 6 N–H and O–H groups in total. The molecular weight excluding hydrogens is 392 g/mol. The first kappa shape index (κ1) is 26.7. The van der Waals surface area contributed by atoms with E-state index < -0.39 is 48.6 Å². The number of nitrogens with one attached hydrogen (secondary N) is 3. The lowest BCUT2D eigenvalue weighted by Crippen LogP contribution is -2.58. The number of carbonyl (C=O) groups excluding carboxylic acids is 3. The van der Waals surface area contributed by atoms with Gasteiger partial charge < -0.3 is 40.0 Å². The predicted molar refractivity (Wildman–Crippen MR) is 97.9 cm³/mol. The number of hydrogen-bond acceptors (Lipinski definition) is 9. The fourth-order valence-corrected chi connectivity index (χ4v) is 1.92. The molecule has 0 aliphatic heterocycles. The van der Waals surface area contributed by atoms with Gasteiger partial charge in [-0.2, -0.15) is 0 Å². The summed E-state index contributed by atoms with van der Waals surface area (Å²) in [7, 11) is 0. The largest absolute Gasteiger partial charge is 0.478 e.